The lowest BCUT2D eigenvalue weighted by molar-refractivity contribution is -0.137. The number of alkyl halides is 3. The normalized spacial score (nSPS) is 12.1. The van der Waals surface area contributed by atoms with Crippen molar-refractivity contribution in [3.05, 3.63) is 142 Å². The molecule has 4 nitrogen and oxygen atoms in total. The van der Waals surface area contributed by atoms with E-state index in [9.17, 15) is 34.2 Å². The molecule has 0 radical (unpaired) electrons. The molecule has 0 saturated heterocycles. The van der Waals surface area contributed by atoms with Crippen LogP contribution in [-0.4, -0.2) is 0 Å². The lowest BCUT2D eigenvalue weighted by atomic mass is 9.93. The summed E-state index contributed by atoms with van der Waals surface area (Å²) < 4.78 is 39.6. The van der Waals surface area contributed by atoms with Crippen molar-refractivity contribution in [1.29, 1.82) is 21.0 Å². The van der Waals surface area contributed by atoms with E-state index >= 15 is 0 Å². The van der Waals surface area contributed by atoms with E-state index in [-0.39, 0.29) is 11.1 Å². The van der Waals surface area contributed by atoms with E-state index < -0.39 is 11.7 Å². The average molecular weight is 613 g/mol. The summed E-state index contributed by atoms with van der Waals surface area (Å²) in [4.78, 5) is 0. The number of hydrogen-bond acceptors (Lipinski definition) is 4. The summed E-state index contributed by atoms with van der Waals surface area (Å²) in [5.74, 6) is 0. The van der Waals surface area contributed by atoms with Gasteiger partial charge in [-0.25, -0.2) is 0 Å². The largest absolute Gasteiger partial charge is 0.416 e. The van der Waals surface area contributed by atoms with Gasteiger partial charge in [-0.05, 0) is 110 Å². The van der Waals surface area contributed by atoms with Gasteiger partial charge in [0.1, 0.15) is 35.4 Å². The van der Waals surface area contributed by atoms with Gasteiger partial charge in [-0.3, -0.25) is 0 Å². The van der Waals surface area contributed by atoms with Gasteiger partial charge in [-0.1, -0.05) is 66.2 Å². The van der Waals surface area contributed by atoms with Gasteiger partial charge in [0.2, 0.25) is 0 Å². The minimum Gasteiger partial charge on any atom is -0.192 e. The molecule has 0 aliphatic heterocycles. The zero-order chi connectivity index (χ0) is 33.0. The number of allylic oxidation sites excluding steroid dienone is 2. The molecule has 7 rings (SSSR count). The molecule has 0 spiro atoms. The summed E-state index contributed by atoms with van der Waals surface area (Å²) in [5.41, 5.74) is 9.93. The predicted molar refractivity (Wildman–Crippen MR) is 172 cm³/mol. The van der Waals surface area contributed by atoms with Crippen LogP contribution in [0.25, 0.3) is 55.7 Å². The van der Waals surface area contributed by atoms with E-state index in [1.165, 1.54) is 12.1 Å². The van der Waals surface area contributed by atoms with Crippen LogP contribution in [0.5, 0.6) is 0 Å². The van der Waals surface area contributed by atoms with Gasteiger partial charge in [0.15, 0.2) is 0 Å². The molecule has 5 aromatic carbocycles. The number of halogens is 3. The molecule has 0 unspecified atom stereocenters. The Bertz CT molecular complexity index is 2390. The maximum Gasteiger partial charge on any atom is 0.416 e. The Morgan fingerprint density at radius 2 is 0.809 bits per heavy atom. The molecule has 2 aliphatic rings. The Kier molecular flexibility index (Phi) is 6.64. The Labute approximate surface area is 268 Å². The monoisotopic (exact) mass is 612 g/mol. The molecule has 7 heteroatoms. The Morgan fingerprint density at radius 3 is 1.19 bits per heavy atom. The first-order valence-electron chi connectivity index (χ1n) is 14.5. The zero-order valence-electron chi connectivity index (χ0n) is 24.7. The summed E-state index contributed by atoms with van der Waals surface area (Å²) in [7, 11) is 0. The van der Waals surface area contributed by atoms with Crippen molar-refractivity contribution >= 4 is 11.1 Å². The van der Waals surface area contributed by atoms with Crippen LogP contribution in [0.2, 0.25) is 0 Å². The Balaban J connectivity index is 1.44. The third kappa shape index (κ3) is 4.59. The molecule has 0 bridgehead atoms. The average Bonchev–Trinajstić information content (AvgIpc) is 3.56. The van der Waals surface area contributed by atoms with Crippen LogP contribution in [0.3, 0.4) is 0 Å². The summed E-state index contributed by atoms with van der Waals surface area (Å²) in [6, 6.07) is 36.2. The minimum atomic E-state index is -4.46. The molecule has 0 heterocycles. The van der Waals surface area contributed by atoms with E-state index in [1.54, 1.807) is 12.1 Å². The summed E-state index contributed by atoms with van der Waals surface area (Å²) in [6.45, 7) is 2.01. The van der Waals surface area contributed by atoms with Crippen LogP contribution in [0.4, 0.5) is 13.2 Å². The Morgan fingerprint density at radius 1 is 0.447 bits per heavy atom. The fourth-order valence-corrected chi connectivity index (χ4v) is 6.49. The van der Waals surface area contributed by atoms with Crippen molar-refractivity contribution < 1.29 is 13.2 Å². The highest BCUT2D eigenvalue weighted by Gasteiger charge is 2.34. The third-order valence-corrected chi connectivity index (χ3v) is 8.73. The number of nitriles is 4. The van der Waals surface area contributed by atoms with Crippen molar-refractivity contribution in [1.82, 2.24) is 0 Å². The second kappa shape index (κ2) is 10.7. The highest BCUT2D eigenvalue weighted by atomic mass is 19.4. The molecule has 0 atom stereocenters. The molecule has 0 saturated carbocycles. The number of nitrogens with zero attached hydrogens (tertiary/aromatic N) is 4. The van der Waals surface area contributed by atoms with Crippen LogP contribution >= 0.6 is 0 Å². The number of rotatable bonds is 2. The van der Waals surface area contributed by atoms with E-state index in [0.29, 0.717) is 39.0 Å². The maximum atomic E-state index is 13.2. The second-order valence-corrected chi connectivity index (χ2v) is 11.4. The van der Waals surface area contributed by atoms with Crippen LogP contribution in [0.15, 0.2) is 108 Å². The zero-order valence-corrected chi connectivity index (χ0v) is 24.7. The summed E-state index contributed by atoms with van der Waals surface area (Å²) >= 11 is 0. The highest BCUT2D eigenvalue weighted by molar-refractivity contribution is 6.11. The van der Waals surface area contributed by atoms with Gasteiger partial charge in [0.05, 0.1) is 5.56 Å². The Hall–Kier alpha value is -6.67. The van der Waals surface area contributed by atoms with Crippen molar-refractivity contribution in [3.8, 4) is 68.8 Å². The molecular weight excluding hydrogens is 593 g/mol. The van der Waals surface area contributed by atoms with Gasteiger partial charge in [0, 0.05) is 11.1 Å². The van der Waals surface area contributed by atoms with E-state index in [2.05, 4.69) is 12.1 Å². The summed E-state index contributed by atoms with van der Waals surface area (Å²) in [6.07, 6.45) is -4.46. The minimum absolute atomic E-state index is 0.0348. The second-order valence-electron chi connectivity index (χ2n) is 11.4. The van der Waals surface area contributed by atoms with Crippen LogP contribution in [0.1, 0.15) is 33.4 Å². The van der Waals surface area contributed by atoms with E-state index in [1.807, 2.05) is 79.7 Å². The fraction of sp³-hybridized carbons (Fsp3) is 0.0500. The SMILES string of the molecule is Cc1ccc(-c2ccc3c(c2)C(=C(C#N)C#N)c2cc4c(cc2-3)C(=C(C#N)C#N)c2cc(-c3ccc(C(F)(F)F)cc3)ccc2-4)cc1. The number of aryl methyl sites for hydroxylation is 1. The van der Waals surface area contributed by atoms with Gasteiger partial charge < -0.3 is 0 Å². The molecular formula is C40H19F3N4. The first kappa shape index (κ1) is 29.1. The number of hydrogen-bond donors (Lipinski definition) is 0. The molecule has 2 aliphatic carbocycles. The molecule has 5 aromatic rings. The quantitative estimate of drug-likeness (QED) is 0.182. The van der Waals surface area contributed by atoms with Crippen LogP contribution < -0.4 is 0 Å². The van der Waals surface area contributed by atoms with Crippen LogP contribution in [-0.2, 0) is 6.18 Å². The maximum absolute atomic E-state index is 13.2. The predicted octanol–water partition coefficient (Wildman–Crippen LogP) is 10.0. The van der Waals surface area contributed by atoms with E-state index in [4.69, 9.17) is 0 Å². The van der Waals surface area contributed by atoms with Gasteiger partial charge in [-0.2, -0.15) is 34.2 Å². The van der Waals surface area contributed by atoms with Crippen molar-refractivity contribution in [3.63, 3.8) is 0 Å². The van der Waals surface area contributed by atoms with Crippen LogP contribution in [0, 0.1) is 52.2 Å². The molecule has 0 fully saturated rings. The van der Waals surface area contributed by atoms with E-state index in [0.717, 1.165) is 56.6 Å². The van der Waals surface area contributed by atoms with Crippen molar-refractivity contribution in [2.75, 3.05) is 0 Å². The molecule has 0 aromatic heterocycles. The molecule has 0 N–H and O–H groups in total. The number of benzene rings is 5. The first-order valence-corrected chi connectivity index (χ1v) is 14.5. The highest BCUT2D eigenvalue weighted by Crippen LogP contribution is 2.54. The smallest absolute Gasteiger partial charge is 0.192 e. The van der Waals surface area contributed by atoms with Crippen molar-refractivity contribution in [2.24, 2.45) is 0 Å². The number of fused-ring (bicyclic) bond motifs is 6. The van der Waals surface area contributed by atoms with Gasteiger partial charge in [-0.15, -0.1) is 0 Å². The van der Waals surface area contributed by atoms with Gasteiger partial charge in [0.25, 0.3) is 0 Å². The van der Waals surface area contributed by atoms with Gasteiger partial charge >= 0.3 is 6.18 Å². The first-order chi connectivity index (χ1) is 22.7. The van der Waals surface area contributed by atoms with Crippen molar-refractivity contribution in [2.45, 2.75) is 13.1 Å². The molecule has 0 amide bonds. The lowest BCUT2D eigenvalue weighted by Crippen LogP contribution is -2.03. The topological polar surface area (TPSA) is 95.2 Å². The summed E-state index contributed by atoms with van der Waals surface area (Å²) in [5, 5.41) is 40.0. The lowest BCUT2D eigenvalue weighted by Gasteiger charge is -2.10. The third-order valence-electron chi connectivity index (χ3n) is 8.73. The standard InChI is InChI=1S/C40H19F3N4/c1-22-2-4-23(5-3-22)25-8-12-30-32-16-37-33(17-36(32)38(34(30)14-25)27(18-44)19-45)31-13-9-26(15-35(31)39(37)28(20-46)21-47)24-6-10-29(11-7-24)40(41,42)43/h2-17H,1H3. The fourth-order valence-electron chi connectivity index (χ4n) is 6.49. The molecule has 220 valence electrons. The molecule has 47 heavy (non-hydrogen) atoms.